The van der Waals surface area contributed by atoms with E-state index in [9.17, 15) is 0 Å². The summed E-state index contributed by atoms with van der Waals surface area (Å²) in [7, 11) is 0. The van der Waals surface area contributed by atoms with Gasteiger partial charge in [0.15, 0.2) is 0 Å². The van der Waals surface area contributed by atoms with E-state index in [4.69, 9.17) is 41.2 Å². The average molecular weight is 311 g/mol. The number of aryl methyl sites for hydroxylation is 1. The molecule has 5 heteroatoms. The van der Waals surface area contributed by atoms with Crippen LogP contribution in [0.15, 0.2) is 36.4 Å². The molecular formula is C14H12Cl2N2S. The number of rotatable bonds is 3. The lowest BCUT2D eigenvalue weighted by Gasteiger charge is -2.12. The van der Waals surface area contributed by atoms with Crippen molar-refractivity contribution >= 4 is 51.8 Å². The molecule has 2 rings (SSSR count). The maximum absolute atomic E-state index is 6.24. The zero-order chi connectivity index (χ0) is 14.0. The van der Waals surface area contributed by atoms with Crippen molar-refractivity contribution in [2.24, 2.45) is 5.73 Å². The fourth-order valence-electron chi connectivity index (χ4n) is 1.63. The van der Waals surface area contributed by atoms with Gasteiger partial charge in [-0.15, -0.1) is 0 Å². The van der Waals surface area contributed by atoms with E-state index in [-0.39, 0.29) is 0 Å². The Morgan fingerprint density at radius 1 is 1.11 bits per heavy atom. The fourth-order valence-corrected chi connectivity index (χ4v) is 2.23. The van der Waals surface area contributed by atoms with Gasteiger partial charge in [-0.2, -0.15) is 0 Å². The van der Waals surface area contributed by atoms with E-state index in [1.807, 2.05) is 43.3 Å². The molecule has 3 N–H and O–H groups in total. The maximum Gasteiger partial charge on any atom is 0.103 e. The Kier molecular flexibility index (Phi) is 4.30. The minimum atomic E-state index is 0.373. The molecule has 2 aromatic rings. The molecule has 0 amide bonds. The Morgan fingerprint density at radius 2 is 1.74 bits per heavy atom. The van der Waals surface area contributed by atoms with Crippen molar-refractivity contribution in [3.63, 3.8) is 0 Å². The number of benzene rings is 2. The fraction of sp³-hybridized carbons (Fsp3) is 0.0714. The third-order valence-corrected chi connectivity index (χ3v) is 3.76. The number of hydrogen-bond donors (Lipinski definition) is 2. The summed E-state index contributed by atoms with van der Waals surface area (Å²) in [6.07, 6.45) is 0. The largest absolute Gasteiger partial charge is 0.389 e. The minimum Gasteiger partial charge on any atom is -0.389 e. The summed E-state index contributed by atoms with van der Waals surface area (Å²) >= 11 is 17.3. The van der Waals surface area contributed by atoms with Gasteiger partial charge in [0, 0.05) is 11.3 Å². The molecule has 0 aliphatic carbocycles. The van der Waals surface area contributed by atoms with Gasteiger partial charge in [-0.25, -0.2) is 0 Å². The van der Waals surface area contributed by atoms with Gasteiger partial charge in [-0.3, -0.25) is 0 Å². The normalized spacial score (nSPS) is 10.3. The summed E-state index contributed by atoms with van der Waals surface area (Å²) < 4.78 is 0. The van der Waals surface area contributed by atoms with Crippen LogP contribution in [0.2, 0.25) is 10.0 Å². The van der Waals surface area contributed by atoms with Crippen LogP contribution in [0.3, 0.4) is 0 Å². The third-order valence-electron chi connectivity index (χ3n) is 2.72. The highest BCUT2D eigenvalue weighted by Crippen LogP contribution is 2.35. The summed E-state index contributed by atoms with van der Waals surface area (Å²) in [5.41, 5.74) is 8.91. The first-order valence-electron chi connectivity index (χ1n) is 5.60. The summed E-state index contributed by atoms with van der Waals surface area (Å²) in [4.78, 5) is 0.373. The molecule has 0 bridgehead atoms. The number of nitrogens with one attached hydrogen (secondary N) is 1. The van der Waals surface area contributed by atoms with Crippen molar-refractivity contribution in [3.05, 3.63) is 57.6 Å². The quantitative estimate of drug-likeness (QED) is 0.808. The molecule has 0 fully saturated rings. The zero-order valence-electron chi connectivity index (χ0n) is 10.2. The summed E-state index contributed by atoms with van der Waals surface area (Å²) in [6, 6.07) is 11.2. The molecule has 19 heavy (non-hydrogen) atoms. The van der Waals surface area contributed by atoms with Crippen LogP contribution in [0.4, 0.5) is 11.4 Å². The Hall–Kier alpha value is -1.29. The molecule has 0 atom stereocenters. The van der Waals surface area contributed by atoms with Crippen molar-refractivity contribution in [2.75, 3.05) is 5.32 Å². The van der Waals surface area contributed by atoms with E-state index in [0.717, 1.165) is 16.8 Å². The predicted molar refractivity (Wildman–Crippen MR) is 86.8 cm³/mol. The van der Waals surface area contributed by atoms with Crippen molar-refractivity contribution in [2.45, 2.75) is 6.92 Å². The molecule has 2 nitrogen and oxygen atoms in total. The van der Waals surface area contributed by atoms with Crippen LogP contribution in [-0.4, -0.2) is 4.99 Å². The highest BCUT2D eigenvalue weighted by molar-refractivity contribution is 7.80. The van der Waals surface area contributed by atoms with Crippen LogP contribution < -0.4 is 11.1 Å². The minimum absolute atomic E-state index is 0.373. The van der Waals surface area contributed by atoms with Gasteiger partial charge < -0.3 is 11.1 Å². The first-order chi connectivity index (χ1) is 8.99. The Bertz CT molecular complexity index is 624. The second-order valence-electron chi connectivity index (χ2n) is 4.12. The lowest BCUT2D eigenvalue weighted by molar-refractivity contribution is 1.45. The second-order valence-corrected chi connectivity index (χ2v) is 5.34. The van der Waals surface area contributed by atoms with E-state index in [1.165, 1.54) is 0 Å². The van der Waals surface area contributed by atoms with E-state index < -0.39 is 0 Å². The van der Waals surface area contributed by atoms with Gasteiger partial charge in [-0.1, -0.05) is 41.5 Å². The molecule has 2 aromatic carbocycles. The number of nitrogens with two attached hydrogens (primary N) is 1. The van der Waals surface area contributed by atoms with Crippen LogP contribution in [0.25, 0.3) is 0 Å². The van der Waals surface area contributed by atoms with Crippen LogP contribution >= 0.6 is 35.4 Å². The maximum atomic E-state index is 6.24. The van der Waals surface area contributed by atoms with Gasteiger partial charge in [0.1, 0.15) is 4.99 Å². The van der Waals surface area contributed by atoms with Gasteiger partial charge in [0.05, 0.1) is 15.7 Å². The van der Waals surface area contributed by atoms with Crippen LogP contribution in [0, 0.1) is 6.92 Å². The Labute approximate surface area is 127 Å². The molecule has 0 aromatic heterocycles. The Morgan fingerprint density at radius 3 is 2.32 bits per heavy atom. The van der Waals surface area contributed by atoms with E-state index in [1.54, 1.807) is 0 Å². The molecule has 0 unspecified atom stereocenters. The number of halogens is 2. The van der Waals surface area contributed by atoms with Crippen LogP contribution in [-0.2, 0) is 0 Å². The van der Waals surface area contributed by atoms with E-state index in [0.29, 0.717) is 20.7 Å². The predicted octanol–water partition coefficient (Wildman–Crippen LogP) is 4.68. The molecule has 0 aliphatic rings. The van der Waals surface area contributed by atoms with Crippen molar-refractivity contribution in [3.8, 4) is 0 Å². The van der Waals surface area contributed by atoms with Gasteiger partial charge in [-0.05, 0) is 42.8 Å². The molecule has 98 valence electrons. The molecule has 0 spiro atoms. The molecule has 0 saturated carbocycles. The highest BCUT2D eigenvalue weighted by atomic mass is 35.5. The van der Waals surface area contributed by atoms with E-state index >= 15 is 0 Å². The number of hydrogen-bond acceptors (Lipinski definition) is 2. The SMILES string of the molecule is Cc1ccc(Cl)c(Nc2ccc(C(N)=S)cc2)c1Cl. The monoisotopic (exact) mass is 310 g/mol. The smallest absolute Gasteiger partial charge is 0.103 e. The summed E-state index contributed by atoms with van der Waals surface area (Å²) in [5, 5.41) is 4.39. The summed E-state index contributed by atoms with van der Waals surface area (Å²) in [6.45, 7) is 1.93. The lowest BCUT2D eigenvalue weighted by atomic mass is 10.2. The number of anilines is 2. The highest BCUT2D eigenvalue weighted by Gasteiger charge is 2.08. The van der Waals surface area contributed by atoms with Crippen molar-refractivity contribution in [1.82, 2.24) is 0 Å². The topological polar surface area (TPSA) is 38.0 Å². The molecular weight excluding hydrogens is 299 g/mol. The third kappa shape index (κ3) is 3.18. The number of thiocarbonyl (C=S) groups is 1. The first-order valence-corrected chi connectivity index (χ1v) is 6.77. The van der Waals surface area contributed by atoms with Gasteiger partial charge in [0.2, 0.25) is 0 Å². The van der Waals surface area contributed by atoms with Crippen LogP contribution in [0.5, 0.6) is 0 Å². The molecule has 0 saturated heterocycles. The lowest BCUT2D eigenvalue weighted by Crippen LogP contribution is -2.08. The second kappa shape index (κ2) is 5.78. The van der Waals surface area contributed by atoms with Gasteiger partial charge >= 0.3 is 0 Å². The molecule has 0 aliphatic heterocycles. The average Bonchev–Trinajstić information content (AvgIpc) is 2.40. The van der Waals surface area contributed by atoms with Gasteiger partial charge in [0.25, 0.3) is 0 Å². The molecule has 0 radical (unpaired) electrons. The van der Waals surface area contributed by atoms with E-state index in [2.05, 4.69) is 5.32 Å². The van der Waals surface area contributed by atoms with Crippen LogP contribution in [0.1, 0.15) is 11.1 Å². The standard InChI is InChI=1S/C14H12Cl2N2S/c1-8-2-7-11(15)13(12(8)16)18-10-5-3-9(4-6-10)14(17)19/h2-7,18H,1H3,(H2,17,19). The van der Waals surface area contributed by atoms with Crippen molar-refractivity contribution < 1.29 is 0 Å². The summed E-state index contributed by atoms with van der Waals surface area (Å²) in [5.74, 6) is 0. The Balaban J connectivity index is 2.31. The van der Waals surface area contributed by atoms with Crippen molar-refractivity contribution in [1.29, 1.82) is 0 Å². The zero-order valence-corrected chi connectivity index (χ0v) is 12.5. The molecule has 0 heterocycles. The first kappa shape index (κ1) is 14.1.